The summed E-state index contributed by atoms with van der Waals surface area (Å²) in [5, 5.41) is 24.6. The van der Waals surface area contributed by atoms with Gasteiger partial charge in [-0.15, -0.1) is 10.2 Å². The summed E-state index contributed by atoms with van der Waals surface area (Å²) < 4.78 is 1.96. The smallest absolute Gasteiger partial charge is 0.274 e. The third kappa shape index (κ3) is 4.96. The molecule has 1 aliphatic carbocycles. The molecule has 3 aliphatic rings. The van der Waals surface area contributed by atoms with Crippen LogP contribution in [0.1, 0.15) is 99.0 Å². The first-order valence-electron chi connectivity index (χ1n) is 15.3. The molecular formula is C33H42N8O. The molecular weight excluding hydrogens is 524 g/mol. The van der Waals surface area contributed by atoms with Gasteiger partial charge in [-0.2, -0.15) is 5.26 Å². The number of fused-ring (bicyclic) bond motifs is 1. The molecule has 1 amide bonds. The van der Waals surface area contributed by atoms with Crippen molar-refractivity contribution in [2.24, 2.45) is 18.9 Å². The topological polar surface area (TPSA) is 112 Å². The minimum absolute atomic E-state index is 0.165. The van der Waals surface area contributed by atoms with Crippen molar-refractivity contribution in [1.82, 2.24) is 24.6 Å². The number of nitriles is 1. The molecule has 0 spiro atoms. The molecule has 9 heteroatoms. The molecule has 220 valence electrons. The van der Waals surface area contributed by atoms with Crippen LogP contribution in [0.5, 0.6) is 0 Å². The van der Waals surface area contributed by atoms with Crippen molar-refractivity contribution >= 4 is 17.3 Å². The quantitative estimate of drug-likeness (QED) is 0.385. The largest absolute Gasteiger partial charge is 0.382 e. The number of piperidine rings is 1. The lowest BCUT2D eigenvalue weighted by Crippen LogP contribution is -2.44. The zero-order valence-electron chi connectivity index (χ0n) is 25.4. The summed E-state index contributed by atoms with van der Waals surface area (Å²) in [6, 6.07) is 12.5. The van der Waals surface area contributed by atoms with E-state index < -0.39 is 0 Å². The summed E-state index contributed by atoms with van der Waals surface area (Å²) in [6.45, 7) is 11.9. The van der Waals surface area contributed by atoms with Crippen molar-refractivity contribution in [1.29, 1.82) is 5.26 Å². The maximum absolute atomic E-state index is 13.8. The van der Waals surface area contributed by atoms with E-state index in [4.69, 9.17) is 4.98 Å². The van der Waals surface area contributed by atoms with Crippen LogP contribution in [-0.4, -0.2) is 50.2 Å². The molecule has 42 heavy (non-hydrogen) atoms. The first-order valence-corrected chi connectivity index (χ1v) is 15.3. The van der Waals surface area contributed by atoms with Crippen LogP contribution >= 0.6 is 0 Å². The van der Waals surface area contributed by atoms with Crippen molar-refractivity contribution in [3.05, 3.63) is 65.0 Å². The number of aryl methyl sites for hydroxylation is 1. The number of likely N-dealkylation sites (tertiary alicyclic amines) is 1. The molecule has 2 aromatic heterocycles. The number of pyridine rings is 1. The average Bonchev–Trinajstić information content (AvgIpc) is 3.51. The van der Waals surface area contributed by atoms with Crippen LogP contribution in [-0.2, 0) is 17.9 Å². The standard InChI is InChI=1S/C33H42N8O/c1-21-8-7-13-41(18-21)22(2)26-15-27(38-29-28(26)35-19-32(29,3)4)30(42)37-25-10-6-9-24(14-25)33(16-23(17-33)11-12-34)31-39-36-20-40(31)5/h6,9-10,14-15,20-23,35H,7-8,11,13,16-19H2,1-5H3,(H,37,42)/t21-,22?,23?,33?/m0/s1. The number of rotatable bonds is 7. The SMILES string of the molecule is CC(c1cc(C(=O)Nc2cccc(C3(c4nncn4C)CC(CC#N)C3)c2)nc2c1NCC2(C)C)N1CCC[C@H](C)C1. The first kappa shape index (κ1) is 28.4. The fourth-order valence-corrected chi connectivity index (χ4v) is 7.41. The monoisotopic (exact) mass is 566 g/mol. The van der Waals surface area contributed by atoms with Crippen molar-refractivity contribution < 1.29 is 4.79 Å². The minimum Gasteiger partial charge on any atom is -0.382 e. The highest BCUT2D eigenvalue weighted by molar-refractivity contribution is 6.03. The highest BCUT2D eigenvalue weighted by Gasteiger charge is 2.49. The van der Waals surface area contributed by atoms with Crippen LogP contribution in [0, 0.1) is 23.2 Å². The van der Waals surface area contributed by atoms with Gasteiger partial charge in [0.25, 0.3) is 5.91 Å². The number of anilines is 2. The van der Waals surface area contributed by atoms with E-state index >= 15 is 0 Å². The Kier molecular flexibility index (Phi) is 7.30. The number of nitrogens with zero attached hydrogens (tertiary/aromatic N) is 6. The van der Waals surface area contributed by atoms with Crippen molar-refractivity contribution in [3.63, 3.8) is 0 Å². The summed E-state index contributed by atoms with van der Waals surface area (Å²) in [5.41, 5.74) is 4.96. The van der Waals surface area contributed by atoms with Gasteiger partial charge in [0.2, 0.25) is 0 Å². The van der Waals surface area contributed by atoms with E-state index in [2.05, 4.69) is 65.6 Å². The highest BCUT2D eigenvalue weighted by atomic mass is 16.1. The van der Waals surface area contributed by atoms with Crippen LogP contribution < -0.4 is 10.6 Å². The minimum atomic E-state index is -0.330. The summed E-state index contributed by atoms with van der Waals surface area (Å²) in [7, 11) is 1.96. The van der Waals surface area contributed by atoms with Gasteiger partial charge >= 0.3 is 0 Å². The van der Waals surface area contributed by atoms with E-state index in [9.17, 15) is 10.1 Å². The Balaban J connectivity index is 1.30. The molecule has 9 nitrogen and oxygen atoms in total. The van der Waals surface area contributed by atoms with Crippen LogP contribution in [0.25, 0.3) is 0 Å². The van der Waals surface area contributed by atoms with E-state index in [-0.39, 0.29) is 22.8 Å². The average molecular weight is 567 g/mol. The van der Waals surface area contributed by atoms with Gasteiger partial charge in [-0.3, -0.25) is 9.69 Å². The lowest BCUT2D eigenvalue weighted by molar-refractivity contribution is 0.102. The summed E-state index contributed by atoms with van der Waals surface area (Å²) in [4.78, 5) is 21.3. The molecule has 2 atom stereocenters. The van der Waals surface area contributed by atoms with Crippen LogP contribution in [0.3, 0.4) is 0 Å². The molecule has 2 aliphatic heterocycles. The Labute approximate surface area is 248 Å². The van der Waals surface area contributed by atoms with Crippen LogP contribution in [0.2, 0.25) is 0 Å². The maximum Gasteiger partial charge on any atom is 0.274 e. The molecule has 2 N–H and O–H groups in total. The summed E-state index contributed by atoms with van der Waals surface area (Å²) in [5.74, 6) is 1.68. The van der Waals surface area contributed by atoms with Gasteiger partial charge < -0.3 is 15.2 Å². The molecule has 0 bridgehead atoms. The molecule has 6 rings (SSSR count). The van der Waals surface area contributed by atoms with Gasteiger partial charge in [-0.1, -0.05) is 32.9 Å². The predicted octanol–water partition coefficient (Wildman–Crippen LogP) is 5.57. The second kappa shape index (κ2) is 10.8. The van der Waals surface area contributed by atoms with Crippen molar-refractivity contribution in [2.45, 2.75) is 76.7 Å². The van der Waals surface area contributed by atoms with Crippen molar-refractivity contribution in [2.75, 3.05) is 30.3 Å². The second-order valence-electron chi connectivity index (χ2n) is 13.5. The van der Waals surface area contributed by atoms with E-state index in [0.29, 0.717) is 24.0 Å². The molecule has 1 unspecified atom stereocenters. The van der Waals surface area contributed by atoms with Gasteiger partial charge in [0, 0.05) is 43.7 Å². The third-order valence-electron chi connectivity index (χ3n) is 9.78. The van der Waals surface area contributed by atoms with Crippen LogP contribution in [0.4, 0.5) is 11.4 Å². The summed E-state index contributed by atoms with van der Waals surface area (Å²) >= 11 is 0. The van der Waals surface area contributed by atoms with Gasteiger partial charge in [0.15, 0.2) is 0 Å². The Bertz CT molecular complexity index is 1530. The maximum atomic E-state index is 13.8. The molecule has 1 saturated carbocycles. The number of carbonyl (C=O) groups is 1. The van der Waals surface area contributed by atoms with E-state index in [1.807, 2.05) is 35.9 Å². The number of carbonyl (C=O) groups excluding carboxylic acids is 1. The Hall–Kier alpha value is -3.77. The van der Waals surface area contributed by atoms with Crippen molar-refractivity contribution in [3.8, 4) is 6.07 Å². The molecule has 1 saturated heterocycles. The zero-order chi connectivity index (χ0) is 29.6. The molecule has 0 radical (unpaired) electrons. The lowest BCUT2D eigenvalue weighted by Gasteiger charge is -2.46. The van der Waals surface area contributed by atoms with Gasteiger partial charge in [0.05, 0.1) is 22.9 Å². The normalized spacial score (nSPS) is 25.5. The molecule has 1 aromatic carbocycles. The number of hydrogen-bond acceptors (Lipinski definition) is 7. The van der Waals surface area contributed by atoms with Gasteiger partial charge in [-0.05, 0) is 80.3 Å². The van der Waals surface area contributed by atoms with Gasteiger partial charge in [0.1, 0.15) is 17.8 Å². The number of aromatic nitrogens is 4. The Morgan fingerprint density at radius 3 is 2.81 bits per heavy atom. The Morgan fingerprint density at radius 1 is 1.29 bits per heavy atom. The third-order valence-corrected chi connectivity index (χ3v) is 9.78. The molecule has 2 fully saturated rings. The van der Waals surface area contributed by atoms with E-state index in [0.717, 1.165) is 66.5 Å². The lowest BCUT2D eigenvalue weighted by atomic mass is 9.57. The second-order valence-corrected chi connectivity index (χ2v) is 13.5. The van der Waals surface area contributed by atoms with Gasteiger partial charge in [-0.25, -0.2) is 4.98 Å². The highest BCUT2D eigenvalue weighted by Crippen LogP contribution is 2.53. The fourth-order valence-electron chi connectivity index (χ4n) is 7.41. The van der Waals surface area contributed by atoms with E-state index in [1.54, 1.807) is 6.33 Å². The number of amides is 1. The molecule has 3 aromatic rings. The molecule has 4 heterocycles. The number of hydrogen-bond donors (Lipinski definition) is 2. The fraction of sp³-hybridized carbons (Fsp3) is 0.545. The van der Waals surface area contributed by atoms with Crippen LogP contribution in [0.15, 0.2) is 36.7 Å². The number of benzene rings is 1. The Morgan fingerprint density at radius 2 is 2.10 bits per heavy atom. The van der Waals surface area contributed by atoms with E-state index in [1.165, 1.54) is 12.8 Å². The summed E-state index contributed by atoms with van der Waals surface area (Å²) in [6.07, 6.45) is 6.38. The number of nitrogens with one attached hydrogen (secondary N) is 2. The predicted molar refractivity (Wildman–Crippen MR) is 163 cm³/mol. The zero-order valence-corrected chi connectivity index (χ0v) is 25.4. The first-order chi connectivity index (χ1) is 20.1.